The minimum atomic E-state index is -0.101. The van der Waals surface area contributed by atoms with E-state index in [1.165, 1.54) is 6.42 Å². The number of nitrogens with one attached hydrogen (secondary N) is 1. The van der Waals surface area contributed by atoms with Crippen molar-refractivity contribution in [3.63, 3.8) is 0 Å². The highest BCUT2D eigenvalue weighted by molar-refractivity contribution is 9.10. The molecule has 1 N–H and O–H groups in total. The Kier molecular flexibility index (Phi) is 6.44. The maximum absolute atomic E-state index is 13.8. The zero-order chi connectivity index (χ0) is 13.9. The van der Waals surface area contributed by atoms with Crippen LogP contribution in [0.1, 0.15) is 12.0 Å². The lowest BCUT2D eigenvalue weighted by Crippen LogP contribution is -2.50. The van der Waals surface area contributed by atoms with Crippen molar-refractivity contribution in [2.45, 2.75) is 19.0 Å². The van der Waals surface area contributed by atoms with Crippen LogP contribution in [-0.2, 0) is 6.54 Å². The third kappa shape index (κ3) is 4.39. The van der Waals surface area contributed by atoms with Gasteiger partial charge in [-0.05, 0) is 31.2 Å². The molecule has 3 rings (SSSR count). The van der Waals surface area contributed by atoms with Gasteiger partial charge in [0.15, 0.2) is 0 Å². The van der Waals surface area contributed by atoms with Crippen LogP contribution in [0.15, 0.2) is 22.7 Å². The van der Waals surface area contributed by atoms with Crippen molar-refractivity contribution in [2.75, 3.05) is 39.3 Å². The molecule has 2 heterocycles. The molecule has 0 bridgehead atoms. The van der Waals surface area contributed by atoms with Crippen LogP contribution < -0.4 is 5.32 Å². The fraction of sp³-hybridized carbons (Fsp3) is 0.600. The monoisotopic (exact) mass is 377 g/mol. The molecule has 2 fully saturated rings. The fourth-order valence-electron chi connectivity index (χ4n) is 3.14. The summed E-state index contributed by atoms with van der Waals surface area (Å²) in [5.74, 6) is -0.101. The molecule has 1 aromatic carbocycles. The standard InChI is InChI=1S/C15H21BrFN3.ClH/c16-13-1-2-15(17)12(9-13)11-19-5-7-20(8-6-19)14-3-4-18-10-14;/h1-2,9,14,18H,3-8,10-11H2;1H. The van der Waals surface area contributed by atoms with Crippen LogP contribution in [0.4, 0.5) is 4.39 Å². The molecule has 0 spiro atoms. The Bertz CT molecular complexity index is 460. The smallest absolute Gasteiger partial charge is 0.127 e. The van der Waals surface area contributed by atoms with E-state index in [-0.39, 0.29) is 18.2 Å². The summed E-state index contributed by atoms with van der Waals surface area (Å²) in [4.78, 5) is 4.93. The summed E-state index contributed by atoms with van der Waals surface area (Å²) >= 11 is 3.42. The van der Waals surface area contributed by atoms with E-state index >= 15 is 0 Å². The maximum atomic E-state index is 13.8. The van der Waals surface area contributed by atoms with Crippen molar-refractivity contribution in [1.82, 2.24) is 15.1 Å². The minimum absolute atomic E-state index is 0. The summed E-state index contributed by atoms with van der Waals surface area (Å²) < 4.78 is 14.7. The Morgan fingerprint density at radius 3 is 2.67 bits per heavy atom. The van der Waals surface area contributed by atoms with Gasteiger partial charge in [0.05, 0.1) is 0 Å². The van der Waals surface area contributed by atoms with Crippen LogP contribution in [0.3, 0.4) is 0 Å². The van der Waals surface area contributed by atoms with Gasteiger partial charge in [0.1, 0.15) is 5.82 Å². The van der Waals surface area contributed by atoms with Gasteiger partial charge in [-0.2, -0.15) is 0 Å². The third-order valence-electron chi connectivity index (χ3n) is 4.36. The van der Waals surface area contributed by atoms with Gasteiger partial charge in [0.25, 0.3) is 0 Å². The zero-order valence-corrected chi connectivity index (χ0v) is 14.4. The first-order valence-corrected chi connectivity index (χ1v) is 8.13. The van der Waals surface area contributed by atoms with Crippen molar-refractivity contribution >= 4 is 28.3 Å². The van der Waals surface area contributed by atoms with Crippen molar-refractivity contribution in [3.05, 3.63) is 34.1 Å². The molecule has 118 valence electrons. The lowest BCUT2D eigenvalue weighted by molar-refractivity contribution is 0.0974. The van der Waals surface area contributed by atoms with Gasteiger partial charge in [0, 0.05) is 55.3 Å². The Labute approximate surface area is 140 Å². The van der Waals surface area contributed by atoms with Gasteiger partial charge in [-0.3, -0.25) is 9.80 Å². The Hall–Kier alpha value is -0.200. The number of rotatable bonds is 3. The topological polar surface area (TPSA) is 18.5 Å². The van der Waals surface area contributed by atoms with Crippen molar-refractivity contribution in [2.24, 2.45) is 0 Å². The largest absolute Gasteiger partial charge is 0.315 e. The average molecular weight is 379 g/mol. The van der Waals surface area contributed by atoms with Crippen LogP contribution >= 0.6 is 28.3 Å². The Balaban J connectivity index is 0.00000161. The van der Waals surface area contributed by atoms with Crippen LogP contribution in [0.5, 0.6) is 0 Å². The number of hydrogen-bond acceptors (Lipinski definition) is 3. The Morgan fingerprint density at radius 1 is 1.24 bits per heavy atom. The number of hydrogen-bond donors (Lipinski definition) is 1. The second-order valence-corrected chi connectivity index (χ2v) is 6.61. The molecule has 0 aliphatic carbocycles. The van der Waals surface area contributed by atoms with E-state index in [4.69, 9.17) is 0 Å². The van der Waals surface area contributed by atoms with Gasteiger partial charge in [-0.25, -0.2) is 4.39 Å². The summed E-state index contributed by atoms with van der Waals surface area (Å²) in [6.45, 7) is 7.24. The molecule has 1 atom stereocenters. The predicted molar refractivity (Wildman–Crippen MR) is 89.5 cm³/mol. The van der Waals surface area contributed by atoms with Gasteiger partial charge in [-0.1, -0.05) is 15.9 Å². The summed E-state index contributed by atoms with van der Waals surface area (Å²) in [7, 11) is 0. The Morgan fingerprint density at radius 2 is 2.00 bits per heavy atom. The first-order chi connectivity index (χ1) is 9.72. The molecule has 1 unspecified atom stereocenters. The molecule has 2 saturated heterocycles. The first-order valence-electron chi connectivity index (χ1n) is 7.33. The highest BCUT2D eigenvalue weighted by atomic mass is 79.9. The lowest BCUT2D eigenvalue weighted by Gasteiger charge is -2.37. The number of nitrogens with zero attached hydrogens (tertiary/aromatic N) is 2. The molecule has 21 heavy (non-hydrogen) atoms. The number of piperazine rings is 1. The normalized spacial score (nSPS) is 24.0. The van der Waals surface area contributed by atoms with Crippen molar-refractivity contribution < 1.29 is 4.39 Å². The zero-order valence-electron chi connectivity index (χ0n) is 12.0. The maximum Gasteiger partial charge on any atom is 0.127 e. The van der Waals surface area contributed by atoms with E-state index in [9.17, 15) is 4.39 Å². The second kappa shape index (κ2) is 7.88. The summed E-state index contributed by atoms with van der Waals surface area (Å²) in [5, 5.41) is 3.42. The molecule has 1 aromatic rings. The van der Waals surface area contributed by atoms with E-state index in [1.807, 2.05) is 6.07 Å². The highest BCUT2D eigenvalue weighted by Crippen LogP contribution is 2.19. The van der Waals surface area contributed by atoms with Crippen molar-refractivity contribution in [3.8, 4) is 0 Å². The third-order valence-corrected chi connectivity index (χ3v) is 4.85. The fourth-order valence-corrected chi connectivity index (χ4v) is 3.55. The minimum Gasteiger partial charge on any atom is -0.315 e. The van der Waals surface area contributed by atoms with Crippen LogP contribution in [0, 0.1) is 5.82 Å². The molecule has 0 amide bonds. The summed E-state index contributed by atoms with van der Waals surface area (Å²) in [6, 6.07) is 5.89. The molecule has 2 aliphatic rings. The first kappa shape index (κ1) is 17.2. The number of benzene rings is 1. The molecule has 3 nitrogen and oxygen atoms in total. The average Bonchev–Trinajstić information content (AvgIpc) is 2.98. The molecular formula is C15H22BrClFN3. The van der Waals surface area contributed by atoms with E-state index < -0.39 is 0 Å². The van der Waals surface area contributed by atoms with Crippen molar-refractivity contribution in [1.29, 1.82) is 0 Å². The SMILES string of the molecule is Cl.Fc1ccc(Br)cc1CN1CCN(C2CCNC2)CC1. The molecular weight excluding hydrogens is 357 g/mol. The molecule has 2 aliphatic heterocycles. The lowest BCUT2D eigenvalue weighted by atomic mass is 10.1. The van der Waals surface area contributed by atoms with E-state index in [0.29, 0.717) is 12.6 Å². The van der Waals surface area contributed by atoms with Crippen LogP contribution in [0.2, 0.25) is 0 Å². The van der Waals surface area contributed by atoms with Gasteiger partial charge < -0.3 is 5.32 Å². The van der Waals surface area contributed by atoms with Gasteiger partial charge >= 0.3 is 0 Å². The predicted octanol–water partition coefficient (Wildman–Crippen LogP) is 2.49. The molecule has 6 heteroatoms. The highest BCUT2D eigenvalue weighted by Gasteiger charge is 2.26. The quantitative estimate of drug-likeness (QED) is 0.872. The van der Waals surface area contributed by atoms with E-state index in [0.717, 1.165) is 49.3 Å². The van der Waals surface area contributed by atoms with E-state index in [1.54, 1.807) is 12.1 Å². The molecule has 0 saturated carbocycles. The van der Waals surface area contributed by atoms with E-state index in [2.05, 4.69) is 31.0 Å². The second-order valence-electron chi connectivity index (χ2n) is 5.69. The number of halogens is 3. The summed E-state index contributed by atoms with van der Waals surface area (Å²) in [5.41, 5.74) is 0.787. The van der Waals surface area contributed by atoms with Crippen LogP contribution in [-0.4, -0.2) is 55.1 Å². The molecule has 0 aromatic heterocycles. The van der Waals surface area contributed by atoms with Crippen LogP contribution in [0.25, 0.3) is 0 Å². The van der Waals surface area contributed by atoms with Gasteiger partial charge in [-0.15, -0.1) is 12.4 Å². The van der Waals surface area contributed by atoms with Gasteiger partial charge in [0.2, 0.25) is 0 Å². The molecule has 0 radical (unpaired) electrons. The summed E-state index contributed by atoms with van der Waals surface area (Å²) in [6.07, 6.45) is 1.26.